The number of fused-ring (bicyclic) bond motifs is 1. The molecular weight excluding hydrogens is 214 g/mol. The Morgan fingerprint density at radius 1 is 1.41 bits per heavy atom. The van der Waals surface area contributed by atoms with Crippen LogP contribution in [-0.2, 0) is 17.3 Å². The third kappa shape index (κ3) is 1.32. The van der Waals surface area contributed by atoms with Crippen LogP contribution in [0.5, 0.6) is 0 Å². The van der Waals surface area contributed by atoms with Gasteiger partial charge in [-0.1, -0.05) is 11.6 Å². The van der Waals surface area contributed by atoms with Crippen molar-refractivity contribution in [1.29, 1.82) is 0 Å². The molecule has 0 atom stereocenters. The van der Waals surface area contributed by atoms with Crippen molar-refractivity contribution in [3.8, 4) is 0 Å². The molecule has 0 radical (unpaired) electrons. The lowest BCUT2D eigenvalue weighted by Crippen LogP contribution is -2.19. The summed E-state index contributed by atoms with van der Waals surface area (Å²) in [7, 11) is 1.97. The van der Waals surface area contributed by atoms with E-state index >= 15 is 0 Å². The number of aryl methyl sites for hydroxylation is 2. The fourth-order valence-corrected chi connectivity index (χ4v) is 2.61. The van der Waals surface area contributed by atoms with Gasteiger partial charge in [0, 0.05) is 24.1 Å². The lowest BCUT2D eigenvalue weighted by molar-refractivity contribution is -0.140. The van der Waals surface area contributed by atoms with Crippen LogP contribution < -0.4 is 0 Å². The Morgan fingerprint density at radius 3 is 2.71 bits per heavy atom. The Balaban J connectivity index is 2.30. The summed E-state index contributed by atoms with van der Waals surface area (Å²) in [5.41, 5.74) is 2.64. The molecule has 1 heterocycles. The second-order valence-corrected chi connectivity index (χ2v) is 5.06. The van der Waals surface area contributed by atoms with E-state index in [1.54, 1.807) is 0 Å². The maximum absolute atomic E-state index is 11.4. The average molecular weight is 229 g/mol. The fraction of sp³-hybridized carbons (Fsp3) is 0.357. The molecule has 1 aromatic carbocycles. The molecule has 0 unspecified atom stereocenters. The summed E-state index contributed by atoms with van der Waals surface area (Å²) in [5, 5.41) is 10.5. The van der Waals surface area contributed by atoms with E-state index in [1.165, 1.54) is 5.56 Å². The van der Waals surface area contributed by atoms with Gasteiger partial charge in [-0.25, -0.2) is 0 Å². The average Bonchev–Trinajstić information content (AvgIpc) is 3.01. The van der Waals surface area contributed by atoms with E-state index in [9.17, 15) is 9.90 Å². The molecule has 1 N–H and O–H groups in total. The van der Waals surface area contributed by atoms with Crippen LogP contribution in [0.4, 0.5) is 0 Å². The van der Waals surface area contributed by atoms with Crippen molar-refractivity contribution in [3.05, 3.63) is 35.5 Å². The first-order valence-corrected chi connectivity index (χ1v) is 5.84. The number of aliphatic carboxylic acids is 1. The highest BCUT2D eigenvalue weighted by Crippen LogP contribution is 2.51. The van der Waals surface area contributed by atoms with Crippen molar-refractivity contribution in [2.75, 3.05) is 0 Å². The Morgan fingerprint density at radius 2 is 2.12 bits per heavy atom. The molecule has 1 aliphatic carbocycles. The molecule has 3 heteroatoms. The number of benzene rings is 1. The molecule has 2 aromatic rings. The van der Waals surface area contributed by atoms with Crippen LogP contribution in [0.2, 0.25) is 0 Å². The third-order valence-corrected chi connectivity index (χ3v) is 3.82. The number of hydrogen-bond donors (Lipinski definition) is 1. The maximum Gasteiger partial charge on any atom is 0.314 e. The van der Waals surface area contributed by atoms with Crippen molar-refractivity contribution < 1.29 is 9.90 Å². The van der Waals surface area contributed by atoms with E-state index < -0.39 is 11.4 Å². The summed E-state index contributed by atoms with van der Waals surface area (Å²) in [5.74, 6) is -0.688. The predicted molar refractivity (Wildman–Crippen MR) is 66.2 cm³/mol. The van der Waals surface area contributed by atoms with Gasteiger partial charge in [-0.2, -0.15) is 0 Å². The van der Waals surface area contributed by atoms with Gasteiger partial charge in [0.25, 0.3) is 0 Å². The standard InChI is InChI=1S/C14H15NO2/c1-9-3-4-12-10(7-9)11(8-15(12)2)14(5-6-14)13(16)17/h3-4,7-8H,5-6H2,1-2H3,(H,16,17). The molecule has 3 nitrogen and oxygen atoms in total. The zero-order valence-corrected chi connectivity index (χ0v) is 10.0. The molecule has 0 saturated heterocycles. The first kappa shape index (κ1) is 10.4. The highest BCUT2D eigenvalue weighted by Gasteiger charge is 2.53. The Bertz CT molecular complexity index is 620. The molecule has 0 amide bonds. The van der Waals surface area contributed by atoms with Gasteiger partial charge in [-0.05, 0) is 37.5 Å². The van der Waals surface area contributed by atoms with Crippen LogP contribution in [0, 0.1) is 6.92 Å². The number of carboxylic acids is 1. The van der Waals surface area contributed by atoms with E-state index in [0.717, 1.165) is 29.3 Å². The SMILES string of the molecule is Cc1ccc2c(c1)c(C1(C(=O)O)CC1)cn2C. The number of rotatable bonds is 2. The van der Waals surface area contributed by atoms with Crippen LogP contribution in [0.3, 0.4) is 0 Å². The highest BCUT2D eigenvalue weighted by molar-refractivity contribution is 5.94. The minimum atomic E-state index is -0.688. The minimum Gasteiger partial charge on any atom is -0.481 e. The fourth-order valence-electron chi connectivity index (χ4n) is 2.61. The summed E-state index contributed by atoms with van der Waals surface area (Å²) in [4.78, 5) is 11.4. The topological polar surface area (TPSA) is 42.2 Å². The van der Waals surface area contributed by atoms with Crippen LogP contribution in [0.25, 0.3) is 10.9 Å². The van der Waals surface area contributed by atoms with Gasteiger partial charge in [-0.15, -0.1) is 0 Å². The molecule has 1 aliphatic rings. The number of hydrogen-bond acceptors (Lipinski definition) is 1. The summed E-state index contributed by atoms with van der Waals surface area (Å²) in [6.45, 7) is 2.04. The molecule has 1 aromatic heterocycles. The molecule has 1 fully saturated rings. The van der Waals surface area contributed by atoms with Crippen molar-refractivity contribution in [3.63, 3.8) is 0 Å². The van der Waals surface area contributed by atoms with Crippen molar-refractivity contribution in [2.24, 2.45) is 7.05 Å². The van der Waals surface area contributed by atoms with Crippen molar-refractivity contribution >= 4 is 16.9 Å². The maximum atomic E-state index is 11.4. The van der Waals surface area contributed by atoms with E-state index in [1.807, 2.05) is 24.7 Å². The monoisotopic (exact) mass is 229 g/mol. The predicted octanol–water partition coefficient (Wildman–Crippen LogP) is 2.60. The van der Waals surface area contributed by atoms with E-state index in [2.05, 4.69) is 18.2 Å². The summed E-state index contributed by atoms with van der Waals surface area (Å²) < 4.78 is 2.02. The molecule has 1 saturated carbocycles. The number of aromatic nitrogens is 1. The van der Waals surface area contributed by atoms with Gasteiger partial charge < -0.3 is 9.67 Å². The Labute approximate surface area is 99.7 Å². The van der Waals surface area contributed by atoms with Gasteiger partial charge in [0.1, 0.15) is 0 Å². The summed E-state index contributed by atoms with van der Waals surface area (Å²) in [6.07, 6.45) is 3.50. The Hall–Kier alpha value is -1.77. The molecule has 17 heavy (non-hydrogen) atoms. The molecular formula is C14H15NO2. The zero-order valence-electron chi connectivity index (χ0n) is 10.0. The molecule has 0 aliphatic heterocycles. The molecule has 88 valence electrons. The van der Waals surface area contributed by atoms with Gasteiger partial charge >= 0.3 is 5.97 Å². The summed E-state index contributed by atoms with van der Waals surface area (Å²) in [6, 6.07) is 6.21. The molecule has 3 rings (SSSR count). The van der Waals surface area contributed by atoms with Gasteiger partial charge in [-0.3, -0.25) is 4.79 Å². The molecule has 0 bridgehead atoms. The number of nitrogens with zero attached hydrogens (tertiary/aromatic N) is 1. The van der Waals surface area contributed by atoms with Crippen molar-refractivity contribution in [1.82, 2.24) is 4.57 Å². The van der Waals surface area contributed by atoms with E-state index in [0.29, 0.717) is 0 Å². The first-order chi connectivity index (χ1) is 8.04. The second-order valence-electron chi connectivity index (χ2n) is 5.06. The molecule has 0 spiro atoms. The highest BCUT2D eigenvalue weighted by atomic mass is 16.4. The first-order valence-electron chi connectivity index (χ1n) is 5.84. The number of carbonyl (C=O) groups is 1. The third-order valence-electron chi connectivity index (χ3n) is 3.82. The van der Waals surface area contributed by atoms with Gasteiger partial charge in [0.2, 0.25) is 0 Å². The number of carboxylic acid groups (broad SMARTS) is 1. The quantitative estimate of drug-likeness (QED) is 0.860. The summed E-state index contributed by atoms with van der Waals surface area (Å²) >= 11 is 0. The second kappa shape index (κ2) is 3.13. The smallest absolute Gasteiger partial charge is 0.314 e. The zero-order chi connectivity index (χ0) is 12.2. The minimum absolute atomic E-state index is 0.618. The normalized spacial score (nSPS) is 17.3. The lowest BCUT2D eigenvalue weighted by Gasteiger charge is -2.08. The van der Waals surface area contributed by atoms with Crippen LogP contribution in [0.15, 0.2) is 24.4 Å². The Kier molecular flexibility index (Phi) is 1.91. The lowest BCUT2D eigenvalue weighted by atomic mass is 9.95. The van der Waals surface area contributed by atoms with Gasteiger partial charge in [0.05, 0.1) is 5.41 Å². The largest absolute Gasteiger partial charge is 0.481 e. The van der Waals surface area contributed by atoms with E-state index in [4.69, 9.17) is 0 Å². The van der Waals surface area contributed by atoms with Crippen LogP contribution in [0.1, 0.15) is 24.0 Å². The van der Waals surface area contributed by atoms with Crippen LogP contribution in [-0.4, -0.2) is 15.6 Å². The van der Waals surface area contributed by atoms with Crippen molar-refractivity contribution in [2.45, 2.75) is 25.2 Å². The van der Waals surface area contributed by atoms with Gasteiger partial charge in [0.15, 0.2) is 0 Å². The van der Waals surface area contributed by atoms with E-state index in [-0.39, 0.29) is 0 Å². The van der Waals surface area contributed by atoms with Crippen LogP contribution >= 0.6 is 0 Å².